The average molecular weight is 722 g/mol. The molecule has 0 spiro atoms. The number of methoxy groups -OCH3 is 2. The van der Waals surface area contributed by atoms with E-state index >= 15 is 0 Å². The van der Waals surface area contributed by atoms with Gasteiger partial charge < -0.3 is 25.4 Å². The molecule has 50 heavy (non-hydrogen) atoms. The predicted molar refractivity (Wildman–Crippen MR) is 172 cm³/mol. The molecular formula is C34H26F7N3O5S. The van der Waals surface area contributed by atoms with Gasteiger partial charge in [-0.2, -0.15) is 13.2 Å². The predicted octanol–water partition coefficient (Wildman–Crippen LogP) is 7.81. The van der Waals surface area contributed by atoms with Crippen molar-refractivity contribution in [1.82, 2.24) is 5.32 Å². The molecule has 0 aliphatic rings. The molecule has 0 bridgehead atoms. The smallest absolute Gasteiger partial charge is 0.422 e. The van der Waals surface area contributed by atoms with Crippen molar-refractivity contribution in [3.8, 4) is 11.5 Å². The molecule has 0 saturated carbocycles. The summed E-state index contributed by atoms with van der Waals surface area (Å²) in [6, 6.07) is 18.8. The number of anilines is 2. The third kappa shape index (κ3) is 8.74. The molecule has 262 valence electrons. The minimum absolute atomic E-state index is 0.151. The molecular weight excluding hydrogens is 695 g/mol. The highest BCUT2D eigenvalue weighted by Gasteiger charge is 2.42. The highest BCUT2D eigenvalue weighted by atomic mass is 32.2. The highest BCUT2D eigenvalue weighted by molar-refractivity contribution is 8.00. The molecule has 4 aromatic carbocycles. The fraction of sp³-hybridized carbons (Fsp3) is 0.147. The van der Waals surface area contributed by atoms with Crippen molar-refractivity contribution in [1.29, 1.82) is 0 Å². The average Bonchev–Trinajstić information content (AvgIpc) is 3.09. The first-order valence-corrected chi connectivity index (χ1v) is 15.1. The third-order valence-corrected chi connectivity index (χ3v) is 7.97. The van der Waals surface area contributed by atoms with Crippen molar-refractivity contribution >= 4 is 46.9 Å². The summed E-state index contributed by atoms with van der Waals surface area (Å²) in [7, 11) is 2.89. The zero-order chi connectivity index (χ0) is 36.7. The molecule has 0 saturated heterocycles. The zero-order valence-corrected chi connectivity index (χ0v) is 27.0. The maximum Gasteiger partial charge on any atom is 0.422 e. The van der Waals surface area contributed by atoms with Gasteiger partial charge in [0.05, 0.1) is 19.5 Å². The van der Waals surface area contributed by atoms with Crippen LogP contribution in [0.2, 0.25) is 0 Å². The number of ether oxygens (including phenoxy) is 2. The largest absolute Gasteiger partial charge is 0.497 e. The number of rotatable bonds is 11. The highest BCUT2D eigenvalue weighted by Crippen LogP contribution is 2.39. The Bertz CT molecular complexity index is 1910. The van der Waals surface area contributed by atoms with Crippen LogP contribution in [-0.4, -0.2) is 37.2 Å². The molecule has 0 aliphatic carbocycles. The van der Waals surface area contributed by atoms with E-state index in [0.29, 0.717) is 22.0 Å². The number of amides is 3. The van der Waals surface area contributed by atoms with Crippen LogP contribution < -0.4 is 25.4 Å². The fourth-order valence-corrected chi connectivity index (χ4v) is 5.19. The van der Waals surface area contributed by atoms with E-state index in [1.165, 1.54) is 51.5 Å². The molecule has 16 heteroatoms. The van der Waals surface area contributed by atoms with Gasteiger partial charge in [0.25, 0.3) is 11.8 Å². The molecule has 1 unspecified atom stereocenters. The number of carbonyl (C=O) groups is 3. The molecule has 4 aromatic rings. The van der Waals surface area contributed by atoms with Gasteiger partial charge in [-0.15, -0.1) is 11.8 Å². The monoisotopic (exact) mass is 721 g/mol. The molecule has 4 rings (SSSR count). The summed E-state index contributed by atoms with van der Waals surface area (Å²) in [6.45, 7) is 1.27. The summed E-state index contributed by atoms with van der Waals surface area (Å²) in [5, 5.41) is 5.66. The van der Waals surface area contributed by atoms with Gasteiger partial charge >= 0.3 is 6.18 Å². The molecule has 0 fully saturated rings. The number of hydrogen-bond acceptors (Lipinski definition) is 6. The Morgan fingerprint density at radius 2 is 1.42 bits per heavy atom. The van der Waals surface area contributed by atoms with Gasteiger partial charge in [-0.05, 0) is 61.5 Å². The quantitative estimate of drug-likeness (QED) is 0.0632. The number of nitrogens with one attached hydrogen (secondary N) is 3. The molecule has 0 heterocycles. The van der Waals surface area contributed by atoms with Crippen LogP contribution in [-0.2, 0) is 15.8 Å². The minimum atomic E-state index is -5.73. The Kier molecular flexibility index (Phi) is 11.8. The van der Waals surface area contributed by atoms with Gasteiger partial charge in [-0.1, -0.05) is 18.2 Å². The van der Waals surface area contributed by atoms with Crippen molar-refractivity contribution in [2.24, 2.45) is 0 Å². The van der Waals surface area contributed by atoms with Crippen molar-refractivity contribution in [2.75, 3.05) is 24.9 Å². The Balaban J connectivity index is 1.50. The van der Waals surface area contributed by atoms with E-state index in [2.05, 4.69) is 10.6 Å². The van der Waals surface area contributed by atoms with Crippen molar-refractivity contribution in [3.05, 3.63) is 118 Å². The number of halogens is 7. The lowest BCUT2D eigenvalue weighted by atomic mass is 10.1. The van der Waals surface area contributed by atoms with Crippen LogP contribution in [0.3, 0.4) is 0 Å². The van der Waals surface area contributed by atoms with Crippen molar-refractivity contribution < 1.29 is 54.6 Å². The van der Waals surface area contributed by atoms with Crippen LogP contribution in [0.1, 0.15) is 28.4 Å². The second-order valence-corrected chi connectivity index (χ2v) is 11.6. The van der Waals surface area contributed by atoms with Crippen LogP contribution in [0.5, 0.6) is 11.5 Å². The Hall–Kier alpha value is -5.51. The van der Waals surface area contributed by atoms with E-state index in [9.17, 15) is 45.1 Å². The maximum atomic E-state index is 14.3. The molecule has 0 aromatic heterocycles. The number of hydrogen-bond donors (Lipinski definition) is 3. The molecule has 0 radical (unpaired) electrons. The first-order valence-electron chi connectivity index (χ1n) is 14.3. The van der Waals surface area contributed by atoms with E-state index < -0.39 is 63.7 Å². The second kappa shape index (κ2) is 15.8. The summed E-state index contributed by atoms with van der Waals surface area (Å²) in [5.41, 5.74) is -3.65. The first-order chi connectivity index (χ1) is 23.6. The normalized spacial score (nSPS) is 12.2. The number of carbonyl (C=O) groups excluding carboxylic acids is 3. The SMILES string of the molecule is COc1ccc(/C=C(\NC(=O)c2ccccc2)C(=O)Nc2ccc(SC(C)C(=O)Nc3c(F)c(F)c(C(F)(F)F)c(F)c3F)cc2)c(OC)c1. The van der Waals surface area contributed by atoms with Gasteiger partial charge in [-0.3, -0.25) is 14.4 Å². The summed E-state index contributed by atoms with van der Waals surface area (Å²) in [6.07, 6.45) is -4.33. The van der Waals surface area contributed by atoms with Gasteiger partial charge in [-0.25, -0.2) is 17.6 Å². The Morgan fingerprint density at radius 1 is 0.800 bits per heavy atom. The van der Waals surface area contributed by atoms with E-state index in [4.69, 9.17) is 9.47 Å². The Morgan fingerprint density at radius 3 is 1.98 bits per heavy atom. The molecule has 8 nitrogen and oxygen atoms in total. The number of benzene rings is 4. The van der Waals surface area contributed by atoms with Gasteiger partial charge in [0.2, 0.25) is 5.91 Å². The van der Waals surface area contributed by atoms with Crippen LogP contribution in [0, 0.1) is 23.3 Å². The van der Waals surface area contributed by atoms with E-state index in [-0.39, 0.29) is 16.9 Å². The summed E-state index contributed by atoms with van der Waals surface area (Å²) in [4.78, 5) is 39.3. The number of thioether (sulfide) groups is 1. The minimum Gasteiger partial charge on any atom is -0.497 e. The lowest BCUT2D eigenvalue weighted by molar-refractivity contribution is -0.143. The van der Waals surface area contributed by atoms with E-state index in [0.717, 1.165) is 11.8 Å². The molecule has 1 atom stereocenters. The topological polar surface area (TPSA) is 106 Å². The van der Waals surface area contributed by atoms with Crippen molar-refractivity contribution in [3.63, 3.8) is 0 Å². The fourth-order valence-electron chi connectivity index (χ4n) is 4.32. The van der Waals surface area contributed by atoms with Crippen LogP contribution in [0.4, 0.5) is 42.1 Å². The number of alkyl halides is 3. The van der Waals surface area contributed by atoms with Gasteiger partial charge in [0.15, 0.2) is 23.3 Å². The summed E-state index contributed by atoms with van der Waals surface area (Å²) >= 11 is 0.818. The van der Waals surface area contributed by atoms with Crippen molar-refractivity contribution in [2.45, 2.75) is 23.2 Å². The summed E-state index contributed by atoms with van der Waals surface area (Å²) in [5.74, 6) is -11.9. The zero-order valence-electron chi connectivity index (χ0n) is 26.2. The molecule has 0 aliphatic heterocycles. The lowest BCUT2D eigenvalue weighted by Crippen LogP contribution is -2.30. The van der Waals surface area contributed by atoms with Gasteiger partial charge in [0, 0.05) is 27.8 Å². The van der Waals surface area contributed by atoms with E-state index in [1.54, 1.807) is 53.8 Å². The Labute approximate surface area is 284 Å². The third-order valence-electron chi connectivity index (χ3n) is 6.86. The molecule has 3 amide bonds. The lowest BCUT2D eigenvalue weighted by Gasteiger charge is -2.16. The maximum absolute atomic E-state index is 14.3. The van der Waals surface area contributed by atoms with Crippen LogP contribution in [0.25, 0.3) is 6.08 Å². The standard InChI is InChI=1S/C34H26F7N3O5S/c1-17(31(45)44-30-28(37)26(35)25(34(39,40)41)27(36)29(30)38)50-22-13-10-20(11-14-22)42-33(47)23(43-32(46)18-7-5-4-6-8-18)15-19-9-12-21(48-2)16-24(19)49-3/h4-17H,1-3H3,(H,42,47)(H,43,46)(H,44,45)/b23-15-. The molecule has 3 N–H and O–H groups in total. The van der Waals surface area contributed by atoms with Crippen LogP contribution >= 0.6 is 11.8 Å². The van der Waals surface area contributed by atoms with E-state index in [1.807, 2.05) is 0 Å². The summed E-state index contributed by atoms with van der Waals surface area (Å²) < 4.78 is 106. The van der Waals surface area contributed by atoms with Crippen LogP contribution in [0.15, 0.2) is 83.4 Å². The second-order valence-electron chi connectivity index (χ2n) is 10.2. The van der Waals surface area contributed by atoms with Gasteiger partial charge in [0.1, 0.15) is 28.4 Å². The first kappa shape index (κ1) is 37.3.